The zero-order valence-corrected chi connectivity index (χ0v) is 24.7. The molecule has 5 rings (SSSR count). The first kappa shape index (κ1) is 29.1. The molecule has 0 radical (unpaired) electrons. The van der Waals surface area contributed by atoms with Gasteiger partial charge in [0.05, 0.1) is 29.2 Å². The summed E-state index contributed by atoms with van der Waals surface area (Å²) in [6.45, 7) is 13.5. The summed E-state index contributed by atoms with van der Waals surface area (Å²) in [5.74, 6) is -2.38. The number of anilines is 1. The molecule has 3 saturated heterocycles. The summed E-state index contributed by atoms with van der Waals surface area (Å²) in [6.07, 6.45) is 3.90. The maximum atomic E-state index is 15.0. The van der Waals surface area contributed by atoms with E-state index in [1.165, 1.54) is 6.08 Å². The quantitative estimate of drug-likeness (QED) is 0.329. The highest BCUT2D eigenvalue weighted by Crippen LogP contribution is 2.69. The lowest BCUT2D eigenvalue weighted by molar-refractivity contribution is -0.154. The molecule has 2 amide bonds. The summed E-state index contributed by atoms with van der Waals surface area (Å²) in [7, 11) is 0. The zero-order valence-electron chi connectivity index (χ0n) is 23.9. The number of amides is 2. The lowest BCUT2D eigenvalue weighted by Crippen LogP contribution is -2.58. The van der Waals surface area contributed by atoms with Gasteiger partial charge in [-0.05, 0) is 48.9 Å². The second kappa shape index (κ2) is 11.5. The van der Waals surface area contributed by atoms with Crippen molar-refractivity contribution in [2.75, 3.05) is 24.7 Å². The van der Waals surface area contributed by atoms with Crippen LogP contribution in [0.4, 0.5) is 5.69 Å². The van der Waals surface area contributed by atoms with Crippen LogP contribution in [0.5, 0.6) is 0 Å². The molecule has 1 spiro atoms. The molecule has 3 aliphatic rings. The molecule has 216 valence electrons. The van der Waals surface area contributed by atoms with E-state index in [1.807, 2.05) is 62.4 Å². The number of nitrogens with zero attached hydrogens (tertiary/aromatic N) is 2. The predicted octanol–water partition coefficient (Wildman–Crippen LogP) is 4.62. The van der Waals surface area contributed by atoms with Crippen molar-refractivity contribution >= 4 is 35.2 Å². The van der Waals surface area contributed by atoms with E-state index in [-0.39, 0.29) is 42.7 Å². The molecule has 0 aromatic heterocycles. The Bertz CT molecular complexity index is 1360. The van der Waals surface area contributed by atoms with Gasteiger partial charge in [-0.2, -0.15) is 0 Å². The lowest BCUT2D eigenvalue weighted by Gasteiger charge is -2.42. The maximum Gasteiger partial charge on any atom is 0.311 e. The topological polar surface area (TPSA) is 87.2 Å². The van der Waals surface area contributed by atoms with Gasteiger partial charge in [0.15, 0.2) is 0 Å². The van der Waals surface area contributed by atoms with Crippen LogP contribution >= 0.6 is 11.8 Å². The average molecular weight is 575 g/mol. The average Bonchev–Trinajstić information content (AvgIpc) is 3.56. The van der Waals surface area contributed by atoms with Crippen LogP contribution < -0.4 is 4.90 Å². The minimum atomic E-state index is -0.903. The van der Waals surface area contributed by atoms with Crippen LogP contribution in [0.3, 0.4) is 0 Å². The number of hydrogen-bond acceptors (Lipinski definition) is 6. The van der Waals surface area contributed by atoms with Gasteiger partial charge >= 0.3 is 5.97 Å². The number of fused-ring (bicyclic) bond motifs is 1. The second-order valence-electron chi connectivity index (χ2n) is 11.4. The summed E-state index contributed by atoms with van der Waals surface area (Å²) in [5.41, 5.74) is 3.43. The van der Waals surface area contributed by atoms with Crippen LogP contribution in [0.25, 0.3) is 0 Å². The lowest BCUT2D eigenvalue weighted by atomic mass is 9.66. The first-order valence-corrected chi connectivity index (χ1v) is 15.0. The summed E-state index contributed by atoms with van der Waals surface area (Å²) in [4.78, 5) is 46.3. The third-order valence-electron chi connectivity index (χ3n) is 8.96. The fraction of sp³-hybridized carbons (Fsp3) is 0.424. The van der Waals surface area contributed by atoms with E-state index in [0.29, 0.717) is 6.42 Å². The number of aryl methyl sites for hydroxylation is 2. The van der Waals surface area contributed by atoms with Gasteiger partial charge in [-0.15, -0.1) is 18.3 Å². The van der Waals surface area contributed by atoms with Crippen molar-refractivity contribution in [2.45, 2.75) is 49.3 Å². The zero-order chi connectivity index (χ0) is 29.5. The molecule has 8 heteroatoms. The molecular formula is C33H38N2O5S. The molecule has 1 N–H and O–H groups in total. The molecule has 7 nitrogen and oxygen atoms in total. The number of likely N-dealkylation sites (tertiary alicyclic amines) is 1. The highest BCUT2D eigenvalue weighted by molar-refractivity contribution is 8.02. The minimum absolute atomic E-state index is 0.0202. The maximum absolute atomic E-state index is 15.0. The van der Waals surface area contributed by atoms with Crippen molar-refractivity contribution < 1.29 is 24.2 Å². The number of carbonyl (C=O) groups is 3. The Morgan fingerprint density at radius 2 is 1.93 bits per heavy atom. The van der Waals surface area contributed by atoms with Gasteiger partial charge < -0.3 is 19.6 Å². The Labute approximate surface area is 246 Å². The molecule has 2 aromatic rings. The van der Waals surface area contributed by atoms with Gasteiger partial charge in [-0.3, -0.25) is 14.4 Å². The SMILES string of the molecule is C=CCOC(=O)[C@@H]1[C@@H]2CC(C)C3(S2)C(C(=O)N(CC=C)c2cc(C)ccc2C)N([C@H](CO)c2ccccc2)C(=O)[C@H]13. The van der Waals surface area contributed by atoms with Gasteiger partial charge in [-0.1, -0.05) is 68.1 Å². The molecule has 3 fully saturated rings. The van der Waals surface area contributed by atoms with Gasteiger partial charge in [0.2, 0.25) is 5.91 Å². The van der Waals surface area contributed by atoms with Crippen molar-refractivity contribution in [1.29, 1.82) is 0 Å². The Kier molecular flexibility index (Phi) is 8.17. The van der Waals surface area contributed by atoms with Crippen LogP contribution in [0.15, 0.2) is 73.8 Å². The molecule has 0 saturated carbocycles. The third kappa shape index (κ3) is 4.61. The number of esters is 1. The van der Waals surface area contributed by atoms with E-state index >= 15 is 0 Å². The Morgan fingerprint density at radius 1 is 1.20 bits per heavy atom. The largest absolute Gasteiger partial charge is 0.461 e. The molecule has 3 heterocycles. The number of rotatable bonds is 10. The Morgan fingerprint density at radius 3 is 2.59 bits per heavy atom. The van der Waals surface area contributed by atoms with E-state index in [0.717, 1.165) is 22.4 Å². The highest BCUT2D eigenvalue weighted by atomic mass is 32.2. The predicted molar refractivity (Wildman–Crippen MR) is 161 cm³/mol. The number of ether oxygens (including phenoxy) is 1. The molecule has 2 bridgehead atoms. The normalized spacial score (nSPS) is 28.7. The number of aliphatic hydroxyl groups is 1. The van der Waals surface area contributed by atoms with E-state index in [9.17, 15) is 19.5 Å². The van der Waals surface area contributed by atoms with Gasteiger partial charge in [0, 0.05) is 17.5 Å². The third-order valence-corrected chi connectivity index (χ3v) is 11.0. The van der Waals surface area contributed by atoms with E-state index in [2.05, 4.69) is 20.1 Å². The summed E-state index contributed by atoms with van der Waals surface area (Å²) in [6, 6.07) is 13.6. The number of aliphatic hydroxyl groups excluding tert-OH is 1. The molecule has 0 aliphatic carbocycles. The van der Waals surface area contributed by atoms with Gasteiger partial charge in [0.1, 0.15) is 12.6 Å². The van der Waals surface area contributed by atoms with Crippen molar-refractivity contribution in [3.05, 3.63) is 90.5 Å². The smallest absolute Gasteiger partial charge is 0.311 e. The Hall–Kier alpha value is -3.36. The Balaban J connectivity index is 1.68. The molecule has 41 heavy (non-hydrogen) atoms. The van der Waals surface area contributed by atoms with Crippen LogP contribution in [0, 0.1) is 31.6 Å². The van der Waals surface area contributed by atoms with E-state index in [4.69, 9.17) is 4.74 Å². The number of carbonyl (C=O) groups excluding carboxylic acids is 3. The van der Waals surface area contributed by atoms with Crippen LogP contribution in [0.2, 0.25) is 0 Å². The van der Waals surface area contributed by atoms with Crippen LogP contribution in [-0.2, 0) is 19.1 Å². The summed E-state index contributed by atoms with van der Waals surface area (Å²) < 4.78 is 4.65. The van der Waals surface area contributed by atoms with Crippen LogP contribution in [-0.4, -0.2) is 63.6 Å². The first-order chi connectivity index (χ1) is 19.7. The van der Waals surface area contributed by atoms with Gasteiger partial charge in [-0.25, -0.2) is 0 Å². The van der Waals surface area contributed by atoms with Crippen molar-refractivity contribution in [3.8, 4) is 0 Å². The van der Waals surface area contributed by atoms with Crippen LogP contribution in [0.1, 0.15) is 36.1 Å². The monoisotopic (exact) mass is 574 g/mol. The highest BCUT2D eigenvalue weighted by Gasteiger charge is 2.77. The molecule has 3 aliphatic heterocycles. The molecule has 3 unspecified atom stereocenters. The molecular weight excluding hydrogens is 536 g/mol. The van der Waals surface area contributed by atoms with E-state index in [1.54, 1.807) is 27.6 Å². The standard InChI is InChI=1S/C33H38N2O5S/c1-6-15-34(24-17-20(3)13-14-21(24)4)31(38)29-33-22(5)18-26(41-33)27(32(39)40-16-7-2)28(33)30(37)35(29)25(19-36)23-11-9-8-10-12-23/h6-14,17,22,25-29,36H,1-2,15-16,18-19H2,3-5H3/t22?,25-,26+,27-,28+,29?,33?/m1/s1. The second-order valence-corrected chi connectivity index (χ2v) is 12.9. The fourth-order valence-electron chi connectivity index (χ4n) is 7.20. The summed E-state index contributed by atoms with van der Waals surface area (Å²) >= 11 is 1.59. The van der Waals surface area contributed by atoms with Crippen molar-refractivity contribution in [2.24, 2.45) is 17.8 Å². The number of thioether (sulfide) groups is 1. The number of hydrogen-bond donors (Lipinski definition) is 1. The molecule has 2 aromatic carbocycles. The molecule has 7 atom stereocenters. The van der Waals surface area contributed by atoms with Gasteiger partial charge in [0.25, 0.3) is 5.91 Å². The fourth-order valence-corrected chi connectivity index (χ4v) is 9.59. The van der Waals surface area contributed by atoms with E-state index < -0.39 is 34.6 Å². The minimum Gasteiger partial charge on any atom is -0.461 e. The number of benzene rings is 2. The summed E-state index contributed by atoms with van der Waals surface area (Å²) in [5, 5.41) is 10.6. The van der Waals surface area contributed by atoms with Crippen molar-refractivity contribution in [3.63, 3.8) is 0 Å². The first-order valence-electron chi connectivity index (χ1n) is 14.1. The van der Waals surface area contributed by atoms with Crippen molar-refractivity contribution in [1.82, 2.24) is 4.90 Å².